The van der Waals surface area contributed by atoms with Gasteiger partial charge in [-0.15, -0.1) is 10.2 Å². The molecule has 1 fully saturated rings. The smallest absolute Gasteiger partial charge is 0.340 e. The number of hydrogen-bond donors (Lipinski definition) is 0. The van der Waals surface area contributed by atoms with Crippen molar-refractivity contribution >= 4 is 11.4 Å². The molecule has 12 heteroatoms. The molecule has 1 aliphatic heterocycles. The lowest BCUT2D eigenvalue weighted by atomic mass is 10.1. The molecule has 0 spiro atoms. The maximum absolute atomic E-state index is 14.1. The molecule has 3 aromatic heterocycles. The molecule has 1 saturated heterocycles. The molecule has 0 atom stereocenters. The number of rotatable bonds is 5. The number of aryl methyl sites for hydroxylation is 1. The van der Waals surface area contributed by atoms with Crippen LogP contribution in [-0.4, -0.2) is 65.6 Å². The Balaban J connectivity index is 1.50. The fourth-order valence-electron chi connectivity index (χ4n) is 4.69. The number of aromatic nitrogens is 5. The summed E-state index contributed by atoms with van der Waals surface area (Å²) >= 11 is 0. The van der Waals surface area contributed by atoms with E-state index in [9.17, 15) is 22.8 Å². The number of carbonyl (C=O) groups excluding carboxylic acids is 1. The fraction of sp³-hybridized carbons (Fsp3) is 0.360. The molecule has 4 heterocycles. The third kappa shape index (κ3) is 5.01. The van der Waals surface area contributed by atoms with Gasteiger partial charge in [-0.3, -0.25) is 18.7 Å². The summed E-state index contributed by atoms with van der Waals surface area (Å²) in [5.74, 6) is 0.702. The quantitative estimate of drug-likeness (QED) is 0.410. The molecule has 1 aliphatic rings. The third-order valence-corrected chi connectivity index (χ3v) is 6.71. The highest BCUT2D eigenvalue weighted by molar-refractivity contribution is 5.73. The molecule has 37 heavy (non-hydrogen) atoms. The minimum absolute atomic E-state index is 0.0195. The van der Waals surface area contributed by atoms with E-state index in [-0.39, 0.29) is 18.0 Å². The van der Waals surface area contributed by atoms with Gasteiger partial charge in [0.1, 0.15) is 12.2 Å². The van der Waals surface area contributed by atoms with Crippen molar-refractivity contribution in [3.05, 3.63) is 82.1 Å². The van der Waals surface area contributed by atoms with Gasteiger partial charge < -0.3 is 9.47 Å². The van der Waals surface area contributed by atoms with Crippen molar-refractivity contribution in [1.82, 2.24) is 33.5 Å². The Labute approximate surface area is 210 Å². The summed E-state index contributed by atoms with van der Waals surface area (Å²) < 4.78 is 46.3. The second-order valence-corrected chi connectivity index (χ2v) is 9.28. The van der Waals surface area contributed by atoms with E-state index in [1.165, 1.54) is 23.9 Å². The second kappa shape index (κ2) is 9.51. The Kier molecular flexibility index (Phi) is 6.36. The Morgan fingerprint density at radius 3 is 2.46 bits per heavy atom. The van der Waals surface area contributed by atoms with Crippen molar-refractivity contribution in [2.24, 2.45) is 7.05 Å². The van der Waals surface area contributed by atoms with E-state index in [0.717, 1.165) is 21.9 Å². The van der Waals surface area contributed by atoms with Gasteiger partial charge in [0.15, 0.2) is 0 Å². The predicted octanol–water partition coefficient (Wildman–Crippen LogP) is 2.49. The molecule has 9 nitrogen and oxygen atoms in total. The van der Waals surface area contributed by atoms with Gasteiger partial charge in [0.2, 0.25) is 5.91 Å². The molecule has 0 radical (unpaired) electrons. The SMILES string of the molecule is CC(=O)N1CCN(Cc2cc(C(F)(F)F)c3cn(-c4cccc(Cc5nncn5C)c4)c(=O)n3c2)CC1. The number of hydrogen-bond acceptors (Lipinski definition) is 5. The first kappa shape index (κ1) is 24.8. The number of carbonyl (C=O) groups is 1. The van der Waals surface area contributed by atoms with Crippen LogP contribution in [0, 0.1) is 0 Å². The van der Waals surface area contributed by atoms with Crippen molar-refractivity contribution in [2.45, 2.75) is 26.1 Å². The van der Waals surface area contributed by atoms with Crippen LogP contribution in [0.2, 0.25) is 0 Å². The Morgan fingerprint density at radius 2 is 1.81 bits per heavy atom. The third-order valence-electron chi connectivity index (χ3n) is 6.71. The zero-order chi connectivity index (χ0) is 26.3. The maximum Gasteiger partial charge on any atom is 0.418 e. The van der Waals surface area contributed by atoms with Crippen LogP contribution in [0.4, 0.5) is 13.2 Å². The van der Waals surface area contributed by atoms with Crippen LogP contribution in [0.5, 0.6) is 0 Å². The van der Waals surface area contributed by atoms with E-state index in [1.54, 1.807) is 34.0 Å². The summed E-state index contributed by atoms with van der Waals surface area (Å²) in [5, 5.41) is 7.93. The number of amides is 1. The van der Waals surface area contributed by atoms with Crippen LogP contribution in [-0.2, 0) is 31.0 Å². The van der Waals surface area contributed by atoms with Gasteiger partial charge in [-0.1, -0.05) is 12.1 Å². The minimum Gasteiger partial charge on any atom is -0.340 e. The molecule has 4 aromatic rings. The van der Waals surface area contributed by atoms with Gasteiger partial charge in [-0.05, 0) is 29.3 Å². The lowest BCUT2D eigenvalue weighted by Gasteiger charge is -2.34. The van der Waals surface area contributed by atoms with Crippen molar-refractivity contribution in [3.8, 4) is 5.69 Å². The summed E-state index contributed by atoms with van der Waals surface area (Å²) in [4.78, 5) is 28.6. The molecule has 0 saturated carbocycles. The van der Waals surface area contributed by atoms with Crippen LogP contribution >= 0.6 is 0 Å². The van der Waals surface area contributed by atoms with Crippen LogP contribution in [0.25, 0.3) is 11.2 Å². The van der Waals surface area contributed by atoms with Gasteiger partial charge >= 0.3 is 11.9 Å². The van der Waals surface area contributed by atoms with Gasteiger partial charge in [0.05, 0.1) is 16.8 Å². The number of imidazole rings is 1. The summed E-state index contributed by atoms with van der Waals surface area (Å²) in [6.07, 6.45) is 0.122. The average Bonchev–Trinajstić information content (AvgIpc) is 3.41. The van der Waals surface area contributed by atoms with Gasteiger partial charge in [0.25, 0.3) is 0 Å². The second-order valence-electron chi connectivity index (χ2n) is 9.28. The zero-order valence-electron chi connectivity index (χ0n) is 20.4. The standard InChI is InChI=1S/C25H26F3N7O2/c1-17(36)33-8-6-32(7-9-33)13-19-11-21(25(26,27)28)22-15-34(24(37)35(22)14-19)20-5-3-4-18(10-20)12-23-30-29-16-31(23)2/h3-5,10-11,14-16H,6-9,12-13H2,1-2H3. The van der Waals surface area contributed by atoms with Crippen LogP contribution in [0.3, 0.4) is 0 Å². The molecular weight excluding hydrogens is 487 g/mol. The van der Waals surface area contributed by atoms with E-state index in [4.69, 9.17) is 0 Å². The number of benzene rings is 1. The molecule has 5 rings (SSSR count). The van der Waals surface area contributed by atoms with Crippen molar-refractivity contribution in [3.63, 3.8) is 0 Å². The number of halogens is 3. The number of nitrogens with zero attached hydrogens (tertiary/aromatic N) is 7. The Hall–Kier alpha value is -3.93. The van der Waals surface area contributed by atoms with Crippen LogP contribution in [0.15, 0.2) is 53.8 Å². The lowest BCUT2D eigenvalue weighted by molar-refractivity contribution is -0.136. The van der Waals surface area contributed by atoms with E-state index in [0.29, 0.717) is 43.9 Å². The van der Waals surface area contributed by atoms with E-state index < -0.39 is 17.4 Å². The highest BCUT2D eigenvalue weighted by Gasteiger charge is 2.35. The average molecular weight is 514 g/mol. The number of pyridine rings is 1. The van der Waals surface area contributed by atoms with Gasteiger partial charge in [-0.25, -0.2) is 4.79 Å². The number of piperazine rings is 1. The first-order chi connectivity index (χ1) is 17.6. The number of alkyl halides is 3. The summed E-state index contributed by atoms with van der Waals surface area (Å²) in [6.45, 7) is 3.88. The largest absolute Gasteiger partial charge is 0.418 e. The van der Waals surface area contributed by atoms with Gasteiger partial charge in [0, 0.05) is 65.5 Å². The highest BCUT2D eigenvalue weighted by atomic mass is 19.4. The topological polar surface area (TPSA) is 80.7 Å². The normalized spacial score (nSPS) is 15.0. The predicted molar refractivity (Wildman–Crippen MR) is 129 cm³/mol. The molecule has 0 unspecified atom stereocenters. The highest BCUT2D eigenvalue weighted by Crippen LogP contribution is 2.33. The molecule has 1 amide bonds. The monoisotopic (exact) mass is 513 g/mol. The molecule has 1 aromatic carbocycles. The summed E-state index contributed by atoms with van der Waals surface area (Å²) in [7, 11) is 1.82. The first-order valence-corrected chi connectivity index (χ1v) is 11.8. The molecule has 0 N–H and O–H groups in total. The molecular formula is C25H26F3N7O2. The van der Waals surface area contributed by atoms with Crippen LogP contribution in [0.1, 0.15) is 29.4 Å². The summed E-state index contributed by atoms with van der Waals surface area (Å²) in [6, 6.07) is 8.18. The molecule has 194 valence electrons. The van der Waals surface area contributed by atoms with Crippen LogP contribution < -0.4 is 5.69 Å². The minimum atomic E-state index is -4.64. The lowest BCUT2D eigenvalue weighted by Crippen LogP contribution is -2.47. The zero-order valence-corrected chi connectivity index (χ0v) is 20.4. The molecule has 0 aliphatic carbocycles. The number of fused-ring (bicyclic) bond motifs is 1. The van der Waals surface area contributed by atoms with E-state index in [2.05, 4.69) is 10.2 Å². The molecule has 0 bridgehead atoms. The first-order valence-electron chi connectivity index (χ1n) is 11.8. The maximum atomic E-state index is 14.1. The fourth-order valence-corrected chi connectivity index (χ4v) is 4.69. The summed E-state index contributed by atoms with van der Waals surface area (Å²) in [5.41, 5.74) is 0.0342. The van der Waals surface area contributed by atoms with Crippen molar-refractivity contribution < 1.29 is 18.0 Å². The van der Waals surface area contributed by atoms with Crippen molar-refractivity contribution in [2.75, 3.05) is 26.2 Å². The van der Waals surface area contributed by atoms with E-state index >= 15 is 0 Å². The Morgan fingerprint density at radius 1 is 1.05 bits per heavy atom. The van der Waals surface area contributed by atoms with Gasteiger partial charge in [-0.2, -0.15) is 13.2 Å². The Bertz CT molecular complexity index is 1510. The van der Waals surface area contributed by atoms with E-state index in [1.807, 2.05) is 18.0 Å². The van der Waals surface area contributed by atoms with Crippen molar-refractivity contribution in [1.29, 1.82) is 0 Å².